The molecule has 0 aromatic carbocycles. The molecule has 18 heavy (non-hydrogen) atoms. The molecule has 0 aromatic heterocycles. The summed E-state index contributed by atoms with van der Waals surface area (Å²) in [5.74, 6) is 0.0955. The lowest BCUT2D eigenvalue weighted by molar-refractivity contribution is -0.137. The van der Waals surface area contributed by atoms with Crippen molar-refractivity contribution in [2.75, 3.05) is 6.54 Å². The van der Waals surface area contributed by atoms with E-state index >= 15 is 0 Å². The van der Waals surface area contributed by atoms with Gasteiger partial charge in [0.1, 0.15) is 0 Å². The molecule has 1 amide bonds. The standard InChI is InChI=1S/C14H25NO3/c1-2-11(7-8-13(16)17)9-10-15-14(18)12-5-3-4-6-12/h11-12H,2-10H2,1H3,(H,15,18)(H,16,17). The molecule has 0 heterocycles. The average Bonchev–Trinajstić information content (AvgIpc) is 2.86. The molecule has 1 fully saturated rings. The van der Waals surface area contributed by atoms with Crippen molar-refractivity contribution in [1.29, 1.82) is 0 Å². The highest BCUT2D eigenvalue weighted by atomic mass is 16.4. The summed E-state index contributed by atoms with van der Waals surface area (Å²) in [4.78, 5) is 22.3. The molecule has 104 valence electrons. The van der Waals surface area contributed by atoms with Crippen molar-refractivity contribution >= 4 is 11.9 Å². The Labute approximate surface area is 109 Å². The normalized spacial score (nSPS) is 17.6. The van der Waals surface area contributed by atoms with Crippen LogP contribution >= 0.6 is 0 Å². The zero-order chi connectivity index (χ0) is 13.4. The fraction of sp³-hybridized carbons (Fsp3) is 0.857. The number of carbonyl (C=O) groups excluding carboxylic acids is 1. The second-order valence-electron chi connectivity index (χ2n) is 5.27. The van der Waals surface area contributed by atoms with E-state index in [1.165, 1.54) is 12.8 Å². The molecule has 1 rings (SSSR count). The van der Waals surface area contributed by atoms with Gasteiger partial charge >= 0.3 is 5.97 Å². The molecule has 0 radical (unpaired) electrons. The molecule has 1 aliphatic carbocycles. The summed E-state index contributed by atoms with van der Waals surface area (Å²) in [5, 5.41) is 11.6. The van der Waals surface area contributed by atoms with Crippen molar-refractivity contribution in [3.63, 3.8) is 0 Å². The van der Waals surface area contributed by atoms with Crippen LogP contribution in [0.4, 0.5) is 0 Å². The number of carboxylic acid groups (broad SMARTS) is 1. The van der Waals surface area contributed by atoms with Gasteiger partial charge in [-0.05, 0) is 31.6 Å². The number of aliphatic carboxylic acids is 1. The minimum atomic E-state index is -0.733. The third kappa shape index (κ3) is 5.52. The van der Waals surface area contributed by atoms with Crippen molar-refractivity contribution in [1.82, 2.24) is 5.32 Å². The maximum absolute atomic E-state index is 11.8. The molecular weight excluding hydrogens is 230 g/mol. The summed E-state index contributed by atoms with van der Waals surface area (Å²) in [6.07, 6.45) is 7.22. The Morgan fingerprint density at radius 3 is 2.50 bits per heavy atom. The maximum atomic E-state index is 11.8. The Bertz CT molecular complexity index is 272. The lowest BCUT2D eigenvalue weighted by Crippen LogP contribution is -2.31. The Balaban J connectivity index is 2.14. The van der Waals surface area contributed by atoms with E-state index in [4.69, 9.17) is 5.11 Å². The maximum Gasteiger partial charge on any atom is 0.303 e. The van der Waals surface area contributed by atoms with Crippen molar-refractivity contribution in [2.45, 2.75) is 58.3 Å². The highest BCUT2D eigenvalue weighted by molar-refractivity contribution is 5.78. The third-order valence-electron chi connectivity index (χ3n) is 3.92. The fourth-order valence-corrected chi connectivity index (χ4v) is 2.61. The van der Waals surface area contributed by atoms with Gasteiger partial charge in [-0.1, -0.05) is 26.2 Å². The highest BCUT2D eigenvalue weighted by Gasteiger charge is 2.22. The Kier molecular flexibility index (Phi) is 6.76. The molecule has 1 atom stereocenters. The number of hydrogen-bond donors (Lipinski definition) is 2. The molecule has 1 aliphatic rings. The molecule has 4 heteroatoms. The van der Waals surface area contributed by atoms with Crippen LogP contribution in [0, 0.1) is 11.8 Å². The van der Waals surface area contributed by atoms with Crippen molar-refractivity contribution < 1.29 is 14.7 Å². The molecule has 0 aromatic rings. The molecule has 0 aliphatic heterocycles. The highest BCUT2D eigenvalue weighted by Crippen LogP contribution is 2.24. The van der Waals surface area contributed by atoms with Crippen LogP contribution in [0.15, 0.2) is 0 Å². The number of hydrogen-bond acceptors (Lipinski definition) is 2. The summed E-state index contributed by atoms with van der Waals surface area (Å²) in [5.41, 5.74) is 0. The molecule has 0 bridgehead atoms. The first kappa shape index (κ1) is 15.0. The molecule has 1 saturated carbocycles. The first-order chi connectivity index (χ1) is 8.63. The average molecular weight is 255 g/mol. The SMILES string of the molecule is CCC(CCNC(=O)C1CCCC1)CCC(=O)O. The van der Waals surface area contributed by atoms with Gasteiger partial charge in [0.15, 0.2) is 0 Å². The summed E-state index contributed by atoms with van der Waals surface area (Å²) in [6.45, 7) is 2.76. The van der Waals surface area contributed by atoms with Gasteiger partial charge in [0, 0.05) is 18.9 Å². The number of amides is 1. The second kappa shape index (κ2) is 8.11. The number of carbonyl (C=O) groups is 2. The minimum absolute atomic E-state index is 0.195. The van der Waals surface area contributed by atoms with Crippen LogP contribution < -0.4 is 5.32 Å². The first-order valence-electron chi connectivity index (χ1n) is 7.13. The van der Waals surface area contributed by atoms with Gasteiger partial charge in [-0.3, -0.25) is 9.59 Å². The van der Waals surface area contributed by atoms with E-state index in [0.717, 1.165) is 25.7 Å². The monoisotopic (exact) mass is 255 g/mol. The molecular formula is C14H25NO3. The van der Waals surface area contributed by atoms with E-state index in [9.17, 15) is 9.59 Å². The van der Waals surface area contributed by atoms with Gasteiger partial charge in [-0.2, -0.15) is 0 Å². The summed E-state index contributed by atoms with van der Waals surface area (Å²) >= 11 is 0. The summed E-state index contributed by atoms with van der Waals surface area (Å²) in [6, 6.07) is 0. The van der Waals surface area contributed by atoms with Crippen LogP contribution in [0.25, 0.3) is 0 Å². The van der Waals surface area contributed by atoms with Gasteiger partial charge in [-0.15, -0.1) is 0 Å². The van der Waals surface area contributed by atoms with E-state index in [0.29, 0.717) is 18.9 Å². The van der Waals surface area contributed by atoms with Gasteiger partial charge in [-0.25, -0.2) is 0 Å². The van der Waals surface area contributed by atoms with Gasteiger partial charge < -0.3 is 10.4 Å². The van der Waals surface area contributed by atoms with E-state index in [1.807, 2.05) is 0 Å². The number of rotatable bonds is 8. The van der Waals surface area contributed by atoms with Crippen molar-refractivity contribution in [2.24, 2.45) is 11.8 Å². The van der Waals surface area contributed by atoms with Crippen molar-refractivity contribution in [3.05, 3.63) is 0 Å². The van der Waals surface area contributed by atoms with Crippen LogP contribution in [0.1, 0.15) is 58.3 Å². The van der Waals surface area contributed by atoms with Crippen molar-refractivity contribution in [3.8, 4) is 0 Å². The Hall–Kier alpha value is -1.06. The largest absolute Gasteiger partial charge is 0.481 e. The lowest BCUT2D eigenvalue weighted by Gasteiger charge is -2.15. The first-order valence-corrected chi connectivity index (χ1v) is 7.13. The van der Waals surface area contributed by atoms with Crippen LogP contribution in [0.5, 0.6) is 0 Å². The fourth-order valence-electron chi connectivity index (χ4n) is 2.61. The zero-order valence-electron chi connectivity index (χ0n) is 11.3. The molecule has 0 spiro atoms. The quantitative estimate of drug-likeness (QED) is 0.700. The van der Waals surface area contributed by atoms with Crippen LogP contribution in [-0.4, -0.2) is 23.5 Å². The van der Waals surface area contributed by atoms with E-state index in [1.54, 1.807) is 0 Å². The van der Waals surface area contributed by atoms with Gasteiger partial charge in [0.05, 0.1) is 0 Å². The van der Waals surface area contributed by atoms with Gasteiger partial charge in [0.2, 0.25) is 5.91 Å². The summed E-state index contributed by atoms with van der Waals surface area (Å²) in [7, 11) is 0. The van der Waals surface area contributed by atoms with E-state index in [-0.39, 0.29) is 18.2 Å². The molecule has 1 unspecified atom stereocenters. The predicted molar refractivity (Wildman–Crippen MR) is 70.2 cm³/mol. The lowest BCUT2D eigenvalue weighted by atomic mass is 9.96. The van der Waals surface area contributed by atoms with E-state index < -0.39 is 5.97 Å². The van der Waals surface area contributed by atoms with Crippen LogP contribution in [-0.2, 0) is 9.59 Å². The number of nitrogens with one attached hydrogen (secondary N) is 1. The van der Waals surface area contributed by atoms with Crippen LogP contribution in [0.2, 0.25) is 0 Å². The third-order valence-corrected chi connectivity index (χ3v) is 3.92. The number of carboxylic acids is 1. The van der Waals surface area contributed by atoms with Crippen LogP contribution in [0.3, 0.4) is 0 Å². The molecule has 0 saturated heterocycles. The minimum Gasteiger partial charge on any atom is -0.481 e. The predicted octanol–water partition coefficient (Wildman–Crippen LogP) is 2.57. The molecule has 2 N–H and O–H groups in total. The Morgan fingerprint density at radius 2 is 1.94 bits per heavy atom. The van der Waals surface area contributed by atoms with E-state index in [2.05, 4.69) is 12.2 Å². The molecule has 4 nitrogen and oxygen atoms in total. The second-order valence-corrected chi connectivity index (χ2v) is 5.27. The topological polar surface area (TPSA) is 66.4 Å². The Morgan fingerprint density at radius 1 is 1.28 bits per heavy atom. The van der Waals surface area contributed by atoms with Gasteiger partial charge in [0.25, 0.3) is 0 Å². The zero-order valence-corrected chi connectivity index (χ0v) is 11.3. The smallest absolute Gasteiger partial charge is 0.303 e. The summed E-state index contributed by atoms with van der Waals surface area (Å²) < 4.78 is 0.